The number of hydrogen-bond acceptors (Lipinski definition) is 12. The van der Waals surface area contributed by atoms with E-state index in [1.807, 2.05) is 56.8 Å². The molecule has 0 bridgehead atoms. The Morgan fingerprint density at radius 1 is 0.726 bits per heavy atom. The first-order valence-electron chi connectivity index (χ1n) is 21.1. The molecule has 8 heterocycles. The van der Waals surface area contributed by atoms with E-state index in [0.717, 1.165) is 115 Å². The van der Waals surface area contributed by atoms with Crippen molar-refractivity contribution < 1.29 is 19.5 Å². The van der Waals surface area contributed by atoms with Gasteiger partial charge < -0.3 is 40.8 Å². The Hall–Kier alpha value is -3.84. The zero-order valence-corrected chi connectivity index (χ0v) is 38.6. The standard InChI is InChI=1S/C22H26ClN5O.C16H22BrN5O.C6H6BClO2/c1-14-18(16-4-3-5-17(23)12-16)28-11-8-25-20(28)21(26-14)27-9-6-22(7-10-27)13-29-15(2)19(22)24;1-10-13(17)22-8-5-19-14(22)15(20-10)21-6-3-16(4-7-21)9-23-11(2)12(16)18;8-6-3-1-2-5(4-6)7(9)10/h3-5,8,11-12,15,19H,6-7,9-10,13,24H2,1-2H3;5,8,11-12H,3-4,6-7,9,18H2,1-2H3;1-4,9-10H/t15-,19+;11-,12+;/m00./s1. The molecule has 0 amide bonds. The van der Waals surface area contributed by atoms with E-state index in [-0.39, 0.29) is 35.1 Å². The lowest BCUT2D eigenvalue weighted by molar-refractivity contribution is 0.0973. The Morgan fingerprint density at radius 2 is 1.21 bits per heavy atom. The second kappa shape index (κ2) is 18.3. The van der Waals surface area contributed by atoms with Crippen LogP contribution in [0.15, 0.2) is 77.9 Å². The molecular formula is C44H54BBrCl2N10O4. The number of hydrogen-bond donors (Lipinski definition) is 4. The average molecular weight is 949 g/mol. The number of ether oxygens (including phenoxy) is 2. The molecular weight excluding hydrogens is 894 g/mol. The number of rotatable bonds is 4. The fourth-order valence-electron chi connectivity index (χ4n) is 9.49. The molecule has 0 saturated carbocycles. The van der Waals surface area contributed by atoms with Crippen LogP contribution in [0.3, 0.4) is 0 Å². The molecule has 4 atom stereocenters. The summed E-state index contributed by atoms with van der Waals surface area (Å²) in [5.41, 5.74) is 19.3. The van der Waals surface area contributed by atoms with E-state index in [1.54, 1.807) is 18.2 Å². The largest absolute Gasteiger partial charge is 0.488 e. The summed E-state index contributed by atoms with van der Waals surface area (Å²) in [6.07, 6.45) is 12.0. The smallest absolute Gasteiger partial charge is 0.423 e. The zero-order chi connectivity index (χ0) is 43.9. The summed E-state index contributed by atoms with van der Waals surface area (Å²) in [6.45, 7) is 13.5. The molecule has 4 aromatic heterocycles. The van der Waals surface area contributed by atoms with Crippen molar-refractivity contribution in [3.8, 4) is 11.3 Å². The van der Waals surface area contributed by atoms with Gasteiger partial charge in [0.05, 0.1) is 42.5 Å². The van der Waals surface area contributed by atoms with Gasteiger partial charge in [-0.15, -0.1) is 0 Å². The van der Waals surface area contributed by atoms with Crippen molar-refractivity contribution in [2.75, 3.05) is 49.2 Å². The van der Waals surface area contributed by atoms with Crippen molar-refractivity contribution in [1.82, 2.24) is 28.7 Å². The van der Waals surface area contributed by atoms with Gasteiger partial charge in [-0.05, 0) is 99.0 Å². The molecule has 10 rings (SSSR count). The van der Waals surface area contributed by atoms with Gasteiger partial charge in [0.2, 0.25) is 0 Å². The normalized spacial score (nSPS) is 22.8. The third-order valence-electron chi connectivity index (χ3n) is 13.4. The molecule has 6 N–H and O–H groups in total. The minimum absolute atomic E-state index is 0.0946. The van der Waals surface area contributed by atoms with Gasteiger partial charge in [-0.1, -0.05) is 47.5 Å². The molecule has 2 spiro atoms. The number of fused-ring (bicyclic) bond motifs is 2. The van der Waals surface area contributed by atoms with Crippen LogP contribution in [0.4, 0.5) is 11.6 Å². The number of anilines is 2. The number of aryl methyl sites for hydroxylation is 2. The quantitative estimate of drug-likeness (QED) is 0.156. The van der Waals surface area contributed by atoms with E-state index in [0.29, 0.717) is 15.5 Å². The van der Waals surface area contributed by atoms with Gasteiger partial charge >= 0.3 is 7.12 Å². The summed E-state index contributed by atoms with van der Waals surface area (Å²) in [5.74, 6) is 1.90. The molecule has 4 aliphatic heterocycles. The lowest BCUT2D eigenvalue weighted by Crippen LogP contribution is -2.50. The number of halogens is 3. The van der Waals surface area contributed by atoms with Gasteiger partial charge in [0, 0.05) is 89.5 Å². The third-order valence-corrected chi connectivity index (χ3v) is 14.8. The van der Waals surface area contributed by atoms with Crippen LogP contribution in [0.5, 0.6) is 0 Å². The molecule has 4 fully saturated rings. The summed E-state index contributed by atoms with van der Waals surface area (Å²) in [6, 6.07) is 14.6. The van der Waals surface area contributed by atoms with Crippen molar-refractivity contribution in [1.29, 1.82) is 0 Å². The summed E-state index contributed by atoms with van der Waals surface area (Å²) >= 11 is 15.4. The lowest BCUT2D eigenvalue weighted by Gasteiger charge is -2.41. The SMILES string of the molecule is Cc1nc(N2CCC3(CC2)CO[C@@H](C)[C@H]3N)c2nccn2c1-c1cccc(Cl)c1.Cc1nc(N2CCC3(CC2)CO[C@@H](C)[C@H]3N)c2nccn2c1Br.OB(O)c1cccc(Cl)c1. The summed E-state index contributed by atoms with van der Waals surface area (Å²) in [4.78, 5) is 23.6. The Morgan fingerprint density at radius 3 is 1.68 bits per heavy atom. The van der Waals surface area contributed by atoms with Crippen molar-refractivity contribution in [3.05, 3.63) is 99.4 Å². The second-order valence-corrected chi connectivity index (χ2v) is 18.8. The van der Waals surface area contributed by atoms with E-state index in [2.05, 4.69) is 64.4 Å². The number of nitrogens with zero attached hydrogens (tertiary/aromatic N) is 8. The van der Waals surface area contributed by atoms with E-state index in [1.165, 1.54) is 6.07 Å². The molecule has 328 valence electrons. The first-order valence-corrected chi connectivity index (χ1v) is 22.7. The monoisotopic (exact) mass is 946 g/mol. The van der Waals surface area contributed by atoms with Crippen LogP contribution in [0.1, 0.15) is 50.9 Å². The Bertz CT molecular complexity index is 2530. The van der Waals surface area contributed by atoms with Gasteiger partial charge in [-0.3, -0.25) is 8.80 Å². The molecule has 4 aliphatic rings. The zero-order valence-electron chi connectivity index (χ0n) is 35.5. The molecule has 0 aliphatic carbocycles. The Balaban J connectivity index is 0.000000143. The van der Waals surface area contributed by atoms with Crippen LogP contribution in [-0.2, 0) is 9.47 Å². The van der Waals surface area contributed by atoms with E-state index in [9.17, 15) is 0 Å². The van der Waals surface area contributed by atoms with Gasteiger partial charge in [0.1, 0.15) is 4.60 Å². The van der Waals surface area contributed by atoms with Crippen molar-refractivity contribution in [3.63, 3.8) is 0 Å². The Labute approximate surface area is 380 Å². The minimum Gasteiger partial charge on any atom is -0.423 e. The summed E-state index contributed by atoms with van der Waals surface area (Å²) in [7, 11) is -1.43. The highest BCUT2D eigenvalue weighted by atomic mass is 79.9. The average Bonchev–Trinajstić information content (AvgIpc) is 4.07. The topological polar surface area (TPSA) is 178 Å². The molecule has 18 heteroatoms. The van der Waals surface area contributed by atoms with Crippen molar-refractivity contribution >= 4 is 74.6 Å². The van der Waals surface area contributed by atoms with Crippen LogP contribution in [-0.4, -0.2) is 110 Å². The molecule has 62 heavy (non-hydrogen) atoms. The maximum Gasteiger partial charge on any atom is 0.488 e. The summed E-state index contributed by atoms with van der Waals surface area (Å²) < 4.78 is 16.8. The van der Waals surface area contributed by atoms with Gasteiger partial charge in [0.25, 0.3) is 0 Å². The highest BCUT2D eigenvalue weighted by molar-refractivity contribution is 9.10. The van der Waals surface area contributed by atoms with E-state index < -0.39 is 7.12 Å². The maximum atomic E-state index is 8.65. The van der Waals surface area contributed by atoms with E-state index in [4.69, 9.17) is 64.2 Å². The Kier molecular flexibility index (Phi) is 13.2. The van der Waals surface area contributed by atoms with Gasteiger partial charge in [-0.2, -0.15) is 0 Å². The van der Waals surface area contributed by atoms with Gasteiger partial charge in [-0.25, -0.2) is 19.9 Å². The molecule has 2 aromatic carbocycles. The second-order valence-electron chi connectivity index (χ2n) is 17.1. The molecule has 6 aromatic rings. The van der Waals surface area contributed by atoms with E-state index >= 15 is 0 Å². The van der Waals surface area contributed by atoms with Crippen LogP contribution in [0.25, 0.3) is 22.6 Å². The number of piperidine rings is 2. The minimum atomic E-state index is -1.43. The highest BCUT2D eigenvalue weighted by Gasteiger charge is 2.49. The van der Waals surface area contributed by atoms with Crippen LogP contribution >= 0.6 is 39.1 Å². The fraction of sp³-hybridized carbons (Fsp3) is 0.455. The molecule has 4 saturated heterocycles. The fourth-order valence-corrected chi connectivity index (χ4v) is 10.3. The summed E-state index contributed by atoms with van der Waals surface area (Å²) in [5, 5.41) is 18.5. The van der Waals surface area contributed by atoms with Gasteiger partial charge in [0.15, 0.2) is 22.9 Å². The number of nitrogens with two attached hydrogens (primary N) is 2. The number of imidazole rings is 2. The van der Waals surface area contributed by atoms with Crippen molar-refractivity contribution in [2.24, 2.45) is 22.3 Å². The molecule has 0 unspecified atom stereocenters. The first-order chi connectivity index (χ1) is 29.7. The van der Waals surface area contributed by atoms with Crippen LogP contribution < -0.4 is 26.7 Å². The predicted molar refractivity (Wildman–Crippen MR) is 249 cm³/mol. The lowest BCUT2D eigenvalue weighted by atomic mass is 9.73. The first kappa shape index (κ1) is 44.8. The highest BCUT2D eigenvalue weighted by Crippen LogP contribution is 2.44. The maximum absolute atomic E-state index is 8.65. The van der Waals surface area contributed by atoms with Crippen molar-refractivity contribution in [2.45, 2.75) is 77.7 Å². The van der Waals surface area contributed by atoms with Crippen LogP contribution in [0, 0.1) is 24.7 Å². The van der Waals surface area contributed by atoms with Crippen LogP contribution in [0.2, 0.25) is 10.0 Å². The molecule has 14 nitrogen and oxygen atoms in total. The molecule has 0 radical (unpaired) electrons. The third kappa shape index (κ3) is 8.70. The number of aromatic nitrogens is 6. The number of benzene rings is 2. The predicted octanol–water partition coefficient (Wildman–Crippen LogP) is 5.84.